The first-order valence-electron chi connectivity index (χ1n) is 7.62. The largest absolute Gasteiger partial charge is 0.388 e. The maximum absolute atomic E-state index is 11.0. The molecule has 2 aliphatic carbocycles. The summed E-state index contributed by atoms with van der Waals surface area (Å²) in [5.41, 5.74) is -1.18. The van der Waals surface area contributed by atoms with E-state index in [4.69, 9.17) is 0 Å². The fraction of sp³-hybridized carbons (Fsp3) is 0.938. The van der Waals surface area contributed by atoms with Crippen LogP contribution in [0.15, 0.2) is 0 Å². The molecule has 0 spiro atoms. The smallest absolute Gasteiger partial charge is 0.0863 e. The molecule has 2 aliphatic rings. The Morgan fingerprint density at radius 2 is 1.83 bits per heavy atom. The maximum Gasteiger partial charge on any atom is 0.0863 e. The third kappa shape index (κ3) is 2.07. The summed E-state index contributed by atoms with van der Waals surface area (Å²) in [6.45, 7) is 6.60. The van der Waals surface area contributed by atoms with Crippen LogP contribution in [0.4, 0.5) is 0 Å². The number of nitriles is 1. The molecule has 1 atom stereocenters. The average Bonchev–Trinajstić information content (AvgIpc) is 3.22. The number of hydrogen-bond acceptors (Lipinski definition) is 2. The van der Waals surface area contributed by atoms with E-state index >= 15 is 0 Å². The van der Waals surface area contributed by atoms with Crippen molar-refractivity contribution in [2.24, 2.45) is 23.2 Å². The minimum atomic E-state index is -0.719. The van der Waals surface area contributed by atoms with Crippen LogP contribution in [0.2, 0.25) is 0 Å². The first-order chi connectivity index (χ1) is 8.49. The summed E-state index contributed by atoms with van der Waals surface area (Å²) in [5.74, 6) is 1.84. The van der Waals surface area contributed by atoms with Gasteiger partial charge in [0.05, 0.1) is 17.1 Å². The lowest BCUT2D eigenvalue weighted by Gasteiger charge is -2.47. The van der Waals surface area contributed by atoms with Gasteiger partial charge < -0.3 is 5.11 Å². The molecule has 0 aromatic rings. The Hall–Kier alpha value is -0.550. The van der Waals surface area contributed by atoms with Gasteiger partial charge in [0.2, 0.25) is 0 Å². The first-order valence-corrected chi connectivity index (χ1v) is 7.62. The molecule has 2 heteroatoms. The molecular formula is C16H27NO. The first kappa shape index (κ1) is 13.9. The molecule has 0 saturated heterocycles. The van der Waals surface area contributed by atoms with Crippen LogP contribution in [0.1, 0.15) is 65.7 Å². The fourth-order valence-electron chi connectivity index (χ4n) is 4.02. The Kier molecular flexibility index (Phi) is 3.74. The van der Waals surface area contributed by atoms with Gasteiger partial charge in [-0.2, -0.15) is 5.26 Å². The molecule has 0 aromatic heterocycles. The van der Waals surface area contributed by atoms with E-state index in [2.05, 4.69) is 19.9 Å². The van der Waals surface area contributed by atoms with Crippen molar-refractivity contribution in [1.29, 1.82) is 5.26 Å². The molecule has 1 N–H and O–H groups in total. The summed E-state index contributed by atoms with van der Waals surface area (Å²) >= 11 is 0. The Morgan fingerprint density at radius 1 is 1.28 bits per heavy atom. The van der Waals surface area contributed by atoms with Gasteiger partial charge >= 0.3 is 0 Å². The van der Waals surface area contributed by atoms with Gasteiger partial charge in [-0.15, -0.1) is 0 Å². The number of hydrogen-bond donors (Lipinski definition) is 1. The zero-order valence-corrected chi connectivity index (χ0v) is 12.1. The molecule has 102 valence electrons. The average molecular weight is 249 g/mol. The third-order valence-corrected chi connectivity index (χ3v) is 5.66. The molecule has 0 aliphatic heterocycles. The molecule has 2 saturated carbocycles. The van der Waals surface area contributed by atoms with Crippen LogP contribution < -0.4 is 0 Å². The van der Waals surface area contributed by atoms with E-state index in [-0.39, 0.29) is 0 Å². The van der Waals surface area contributed by atoms with E-state index in [1.54, 1.807) is 0 Å². The van der Waals surface area contributed by atoms with Crippen molar-refractivity contribution in [3.05, 3.63) is 0 Å². The van der Waals surface area contributed by atoms with Gasteiger partial charge in [0.25, 0.3) is 0 Å². The highest BCUT2D eigenvalue weighted by Gasteiger charge is 2.58. The van der Waals surface area contributed by atoms with Crippen molar-refractivity contribution in [2.75, 3.05) is 0 Å². The highest BCUT2D eigenvalue weighted by Crippen LogP contribution is 2.57. The Morgan fingerprint density at radius 3 is 2.17 bits per heavy atom. The molecule has 18 heavy (non-hydrogen) atoms. The number of nitrogens with zero attached hydrogens (tertiary/aromatic N) is 1. The monoisotopic (exact) mass is 249 g/mol. The molecule has 2 fully saturated rings. The standard InChI is InChI=1S/C16H27NO/c1-4-16(18,14-5-6-14)15(11-17)9-7-13(8-10-15)12(2)3/h12-14,18H,4-10H2,1-3H3. The lowest BCUT2D eigenvalue weighted by molar-refractivity contribution is -0.0997. The van der Waals surface area contributed by atoms with Crippen LogP contribution in [-0.2, 0) is 0 Å². The molecular weight excluding hydrogens is 222 g/mol. The van der Waals surface area contributed by atoms with Gasteiger partial charge in [0, 0.05) is 0 Å². The maximum atomic E-state index is 11.0. The Labute approximate surface area is 111 Å². The van der Waals surface area contributed by atoms with Crippen molar-refractivity contribution in [3.63, 3.8) is 0 Å². The van der Waals surface area contributed by atoms with Crippen molar-refractivity contribution >= 4 is 0 Å². The van der Waals surface area contributed by atoms with E-state index in [0.29, 0.717) is 11.8 Å². The highest BCUT2D eigenvalue weighted by atomic mass is 16.3. The molecule has 2 rings (SSSR count). The normalized spacial score (nSPS) is 36.1. The van der Waals surface area contributed by atoms with Crippen molar-refractivity contribution in [2.45, 2.75) is 71.3 Å². The Bertz CT molecular complexity index is 331. The minimum Gasteiger partial charge on any atom is -0.388 e. The molecule has 0 bridgehead atoms. The molecule has 2 nitrogen and oxygen atoms in total. The van der Waals surface area contributed by atoms with Crippen LogP contribution in [0.3, 0.4) is 0 Å². The van der Waals surface area contributed by atoms with E-state index in [0.717, 1.165) is 50.9 Å². The summed E-state index contributed by atoms with van der Waals surface area (Å²) in [4.78, 5) is 0. The summed E-state index contributed by atoms with van der Waals surface area (Å²) in [5, 5.41) is 20.7. The quantitative estimate of drug-likeness (QED) is 0.821. The van der Waals surface area contributed by atoms with Crippen LogP contribution in [-0.4, -0.2) is 10.7 Å². The van der Waals surface area contributed by atoms with Gasteiger partial charge in [-0.05, 0) is 62.7 Å². The predicted molar refractivity (Wildman–Crippen MR) is 72.8 cm³/mol. The van der Waals surface area contributed by atoms with Gasteiger partial charge in [0.15, 0.2) is 0 Å². The zero-order valence-electron chi connectivity index (χ0n) is 12.1. The topological polar surface area (TPSA) is 44.0 Å². The van der Waals surface area contributed by atoms with Gasteiger partial charge in [-0.3, -0.25) is 0 Å². The van der Waals surface area contributed by atoms with E-state index in [1.807, 2.05) is 6.92 Å². The van der Waals surface area contributed by atoms with Crippen LogP contribution >= 0.6 is 0 Å². The SMILES string of the molecule is CCC(O)(C1CC1)C1(C#N)CCC(C(C)C)CC1. The molecule has 0 amide bonds. The fourth-order valence-corrected chi connectivity index (χ4v) is 4.02. The van der Waals surface area contributed by atoms with Crippen LogP contribution in [0, 0.1) is 34.5 Å². The zero-order chi connectivity index (χ0) is 13.4. The predicted octanol–water partition coefficient (Wildman–Crippen LogP) is 3.89. The second-order valence-corrected chi connectivity index (χ2v) is 6.83. The van der Waals surface area contributed by atoms with Crippen molar-refractivity contribution in [3.8, 4) is 6.07 Å². The Balaban J connectivity index is 2.15. The van der Waals surface area contributed by atoms with Crippen molar-refractivity contribution < 1.29 is 5.11 Å². The van der Waals surface area contributed by atoms with Crippen molar-refractivity contribution in [1.82, 2.24) is 0 Å². The lowest BCUT2D eigenvalue weighted by atomic mass is 9.58. The highest BCUT2D eigenvalue weighted by molar-refractivity contribution is 5.17. The van der Waals surface area contributed by atoms with Gasteiger partial charge in [-0.25, -0.2) is 0 Å². The van der Waals surface area contributed by atoms with Crippen LogP contribution in [0.25, 0.3) is 0 Å². The molecule has 1 unspecified atom stereocenters. The molecule has 0 radical (unpaired) electrons. The molecule has 0 heterocycles. The lowest BCUT2D eigenvalue weighted by Crippen LogP contribution is -2.51. The number of aliphatic hydroxyl groups is 1. The summed E-state index contributed by atoms with van der Waals surface area (Å²) < 4.78 is 0. The van der Waals surface area contributed by atoms with E-state index in [1.165, 1.54) is 0 Å². The second-order valence-electron chi connectivity index (χ2n) is 6.83. The van der Waals surface area contributed by atoms with Gasteiger partial charge in [-0.1, -0.05) is 20.8 Å². The summed E-state index contributed by atoms with van der Waals surface area (Å²) in [7, 11) is 0. The summed E-state index contributed by atoms with van der Waals surface area (Å²) in [6.07, 6.45) is 6.97. The van der Waals surface area contributed by atoms with Crippen LogP contribution in [0.5, 0.6) is 0 Å². The summed E-state index contributed by atoms with van der Waals surface area (Å²) in [6, 6.07) is 2.54. The van der Waals surface area contributed by atoms with E-state index < -0.39 is 11.0 Å². The number of rotatable bonds is 4. The minimum absolute atomic E-state index is 0.387. The van der Waals surface area contributed by atoms with E-state index in [9.17, 15) is 10.4 Å². The van der Waals surface area contributed by atoms with Gasteiger partial charge in [0.1, 0.15) is 0 Å². The third-order valence-electron chi connectivity index (χ3n) is 5.66. The molecule has 0 aromatic carbocycles. The second kappa shape index (κ2) is 4.85.